The molecule has 1 N–H and O–H groups in total. The summed E-state index contributed by atoms with van der Waals surface area (Å²) in [4.78, 5) is 27.0. The second kappa shape index (κ2) is 8.95. The summed E-state index contributed by atoms with van der Waals surface area (Å²) < 4.78 is 23.8. The van der Waals surface area contributed by atoms with E-state index in [9.17, 15) is 9.59 Å². The van der Waals surface area contributed by atoms with Gasteiger partial charge in [-0.2, -0.15) is 0 Å². The maximum Gasteiger partial charge on any atom is 0.408 e. The van der Waals surface area contributed by atoms with Crippen molar-refractivity contribution in [2.45, 2.75) is 83.8 Å². The molecule has 0 unspecified atom stereocenters. The number of nitrogens with zero attached hydrogens (tertiary/aromatic N) is 1. The Kier molecular flexibility index (Phi) is 6.48. The summed E-state index contributed by atoms with van der Waals surface area (Å²) in [6.07, 6.45) is 1.14. The average molecular weight is 475 g/mol. The Labute approximate surface area is 202 Å². The molecule has 0 aromatic heterocycles. The van der Waals surface area contributed by atoms with Gasteiger partial charge in [0.1, 0.15) is 28.7 Å². The lowest BCUT2D eigenvalue weighted by atomic mass is 9.70. The Morgan fingerprint density at radius 2 is 2.00 bits per heavy atom. The molecule has 8 heteroatoms. The van der Waals surface area contributed by atoms with Crippen molar-refractivity contribution in [3.8, 4) is 11.5 Å². The Hall–Kier alpha value is -2.48. The summed E-state index contributed by atoms with van der Waals surface area (Å²) in [7, 11) is 1.65. The number of hydrogen-bond acceptors (Lipinski definition) is 6. The molecule has 2 fully saturated rings. The van der Waals surface area contributed by atoms with Crippen molar-refractivity contribution in [2.24, 2.45) is 11.8 Å². The van der Waals surface area contributed by atoms with Crippen LogP contribution in [0.15, 0.2) is 18.2 Å². The highest BCUT2D eigenvalue weighted by Crippen LogP contribution is 2.53. The zero-order chi connectivity index (χ0) is 24.8. The fourth-order valence-corrected chi connectivity index (χ4v) is 5.43. The number of hydrogen-bond donors (Lipinski definition) is 1. The second-order valence-electron chi connectivity index (χ2n) is 11.2. The molecule has 1 aromatic carbocycles. The molecule has 4 rings (SSSR count). The third kappa shape index (κ3) is 4.97. The number of rotatable bonds is 3. The van der Waals surface area contributed by atoms with Crippen molar-refractivity contribution in [1.82, 2.24) is 10.2 Å². The molecule has 8 nitrogen and oxygen atoms in total. The van der Waals surface area contributed by atoms with Crippen LogP contribution < -0.4 is 14.8 Å². The van der Waals surface area contributed by atoms with E-state index < -0.39 is 23.3 Å². The average Bonchev–Trinajstić information content (AvgIpc) is 2.75. The number of nitrogens with one attached hydrogen (secondary N) is 1. The minimum Gasteiger partial charge on any atom is -0.497 e. The molecule has 188 valence electrons. The van der Waals surface area contributed by atoms with Gasteiger partial charge in [-0.1, -0.05) is 0 Å². The van der Waals surface area contributed by atoms with Gasteiger partial charge in [0.15, 0.2) is 0 Å². The first kappa shape index (κ1) is 24.6. The zero-order valence-electron chi connectivity index (χ0n) is 21.3. The topological polar surface area (TPSA) is 86.3 Å². The number of carbonyl (C=O) groups is 2. The lowest BCUT2D eigenvalue weighted by Crippen LogP contribution is -2.57. The molecule has 0 spiro atoms. The Bertz CT molecular complexity index is 940. The molecule has 5 atom stereocenters. The molecule has 2 saturated heterocycles. The van der Waals surface area contributed by atoms with Crippen molar-refractivity contribution in [3.05, 3.63) is 23.8 Å². The van der Waals surface area contributed by atoms with Gasteiger partial charge in [-0.25, -0.2) is 4.79 Å². The molecule has 2 amide bonds. The second-order valence-corrected chi connectivity index (χ2v) is 11.2. The fraction of sp³-hybridized carbons (Fsp3) is 0.692. The van der Waals surface area contributed by atoms with Crippen LogP contribution >= 0.6 is 0 Å². The molecule has 0 saturated carbocycles. The van der Waals surface area contributed by atoms with E-state index in [-0.39, 0.29) is 30.0 Å². The van der Waals surface area contributed by atoms with Crippen LogP contribution in [0.3, 0.4) is 0 Å². The first-order chi connectivity index (χ1) is 15.9. The summed E-state index contributed by atoms with van der Waals surface area (Å²) in [6, 6.07) is 5.28. The molecule has 0 bridgehead atoms. The minimum absolute atomic E-state index is 0.0408. The van der Waals surface area contributed by atoms with E-state index in [2.05, 4.69) is 19.2 Å². The molecule has 3 heterocycles. The van der Waals surface area contributed by atoms with Crippen LogP contribution in [0.1, 0.15) is 66.1 Å². The molecule has 34 heavy (non-hydrogen) atoms. The maximum atomic E-state index is 13.1. The smallest absolute Gasteiger partial charge is 0.408 e. The highest BCUT2D eigenvalue weighted by Gasteiger charge is 2.51. The van der Waals surface area contributed by atoms with Gasteiger partial charge >= 0.3 is 6.09 Å². The molecule has 3 aliphatic rings. The van der Waals surface area contributed by atoms with Crippen LogP contribution in [0.5, 0.6) is 11.5 Å². The number of ether oxygens (including phenoxy) is 4. The summed E-state index contributed by atoms with van der Waals surface area (Å²) in [6.45, 7) is 12.5. The summed E-state index contributed by atoms with van der Waals surface area (Å²) in [5.41, 5.74) is 0.0457. The van der Waals surface area contributed by atoms with Gasteiger partial charge in [-0.3, -0.25) is 4.79 Å². The fourth-order valence-electron chi connectivity index (χ4n) is 5.43. The number of likely N-dealkylation sites (tertiary alicyclic amines) is 1. The van der Waals surface area contributed by atoms with Crippen LogP contribution in [-0.2, 0) is 14.3 Å². The van der Waals surface area contributed by atoms with E-state index in [0.29, 0.717) is 13.1 Å². The number of fused-ring (bicyclic) bond motifs is 4. The molecule has 0 radical (unpaired) electrons. The molecular formula is C26H38N2O6. The van der Waals surface area contributed by atoms with E-state index in [1.54, 1.807) is 34.8 Å². The monoisotopic (exact) mass is 474 g/mol. The van der Waals surface area contributed by atoms with E-state index in [0.717, 1.165) is 29.9 Å². The number of amides is 2. The Morgan fingerprint density at radius 3 is 2.68 bits per heavy atom. The third-order valence-corrected chi connectivity index (χ3v) is 7.12. The van der Waals surface area contributed by atoms with E-state index >= 15 is 0 Å². The predicted octanol–water partition coefficient (Wildman–Crippen LogP) is 4.07. The number of benzene rings is 1. The van der Waals surface area contributed by atoms with Gasteiger partial charge in [0, 0.05) is 36.6 Å². The SMILES string of the molecule is COc1ccc2c(c1)OC(C)(C)[C@@H]1C[C@H]3CN(C(=O)[C@@H](C)NC(=O)OC(C)(C)C)CC[C@H]3O[C@@H]21. The summed E-state index contributed by atoms with van der Waals surface area (Å²) in [5.74, 6) is 1.88. The van der Waals surface area contributed by atoms with E-state index in [4.69, 9.17) is 18.9 Å². The first-order valence-corrected chi connectivity index (χ1v) is 12.2. The normalized spacial score (nSPS) is 28.4. The molecular weight excluding hydrogens is 436 g/mol. The van der Waals surface area contributed by atoms with Gasteiger partial charge in [0.05, 0.1) is 19.3 Å². The number of alkyl carbamates (subject to hydrolysis) is 1. The highest BCUT2D eigenvalue weighted by atomic mass is 16.6. The van der Waals surface area contributed by atoms with Crippen LogP contribution in [0.2, 0.25) is 0 Å². The zero-order valence-corrected chi connectivity index (χ0v) is 21.3. The third-order valence-electron chi connectivity index (χ3n) is 7.12. The van der Waals surface area contributed by atoms with Gasteiger partial charge in [-0.05, 0) is 66.5 Å². The van der Waals surface area contributed by atoms with Gasteiger partial charge in [-0.15, -0.1) is 0 Å². The van der Waals surface area contributed by atoms with Crippen LogP contribution in [0.4, 0.5) is 4.79 Å². The van der Waals surface area contributed by atoms with Crippen molar-refractivity contribution in [3.63, 3.8) is 0 Å². The van der Waals surface area contributed by atoms with E-state index in [1.807, 2.05) is 23.1 Å². The number of methoxy groups -OCH3 is 1. The highest BCUT2D eigenvalue weighted by molar-refractivity contribution is 5.85. The standard InChI is InChI=1S/C26H38N2O6/c1-15(27-24(30)34-25(2,3)4)23(29)28-11-10-20-16(14-28)12-19-22(32-20)18-9-8-17(31-7)13-21(18)33-26(19,5)6/h8-9,13,15-16,19-20,22H,10-12,14H2,1-7H3,(H,27,30)/t15-,16+,19-,20-,22+/m1/s1. The minimum atomic E-state index is -0.653. The van der Waals surface area contributed by atoms with Gasteiger partial charge in [0.2, 0.25) is 5.91 Å². The van der Waals surface area contributed by atoms with Crippen molar-refractivity contribution in [2.75, 3.05) is 20.2 Å². The lowest BCUT2D eigenvalue weighted by molar-refractivity contribution is -0.189. The number of piperidine rings is 1. The van der Waals surface area contributed by atoms with Crippen LogP contribution in [0.25, 0.3) is 0 Å². The maximum absolute atomic E-state index is 13.1. The van der Waals surface area contributed by atoms with E-state index in [1.165, 1.54) is 0 Å². The molecule has 1 aromatic rings. The lowest BCUT2D eigenvalue weighted by Gasteiger charge is -2.53. The van der Waals surface area contributed by atoms with Gasteiger partial charge < -0.3 is 29.2 Å². The number of carbonyl (C=O) groups excluding carboxylic acids is 2. The quantitative estimate of drug-likeness (QED) is 0.711. The van der Waals surface area contributed by atoms with Crippen LogP contribution in [0, 0.1) is 11.8 Å². The predicted molar refractivity (Wildman–Crippen MR) is 127 cm³/mol. The molecule has 0 aliphatic carbocycles. The summed E-state index contributed by atoms with van der Waals surface area (Å²) >= 11 is 0. The Balaban J connectivity index is 1.44. The molecule has 3 aliphatic heterocycles. The van der Waals surface area contributed by atoms with Crippen LogP contribution in [-0.4, -0.2) is 60.4 Å². The largest absolute Gasteiger partial charge is 0.497 e. The van der Waals surface area contributed by atoms with Gasteiger partial charge in [0.25, 0.3) is 0 Å². The van der Waals surface area contributed by atoms with Crippen molar-refractivity contribution >= 4 is 12.0 Å². The Morgan fingerprint density at radius 1 is 1.26 bits per heavy atom. The first-order valence-electron chi connectivity index (χ1n) is 12.2. The summed E-state index contributed by atoms with van der Waals surface area (Å²) in [5, 5.41) is 2.67. The van der Waals surface area contributed by atoms with Crippen molar-refractivity contribution < 1.29 is 28.5 Å². The van der Waals surface area contributed by atoms with Crippen molar-refractivity contribution in [1.29, 1.82) is 0 Å².